The van der Waals surface area contributed by atoms with Crippen molar-refractivity contribution >= 4 is 33.3 Å². The largest absolute Gasteiger partial charge is 0.419 e. The molecule has 1 aromatic heterocycles. The first-order valence-electron chi connectivity index (χ1n) is 6.00. The first-order valence-corrected chi connectivity index (χ1v) is 7.32. The summed E-state index contributed by atoms with van der Waals surface area (Å²) < 4.78 is 45.2. The Morgan fingerprint density at radius 1 is 1.55 bits per heavy atom. The molecule has 112 valence electrons. The number of halogens is 5. The van der Waals surface area contributed by atoms with Gasteiger partial charge in [0.1, 0.15) is 5.82 Å². The van der Waals surface area contributed by atoms with E-state index in [2.05, 4.69) is 20.9 Å². The number of ether oxygens (including phenoxy) is 1. The Morgan fingerprint density at radius 3 is 2.85 bits per heavy atom. The molecule has 1 saturated heterocycles. The van der Waals surface area contributed by atoms with E-state index in [9.17, 15) is 13.2 Å². The Kier molecular flexibility index (Phi) is 4.81. The highest BCUT2D eigenvalue weighted by atomic mass is 79.9. The summed E-state index contributed by atoms with van der Waals surface area (Å²) in [7, 11) is 0. The number of alkyl halides is 4. The van der Waals surface area contributed by atoms with Crippen molar-refractivity contribution in [1.29, 1.82) is 0 Å². The van der Waals surface area contributed by atoms with Crippen molar-refractivity contribution in [3.63, 3.8) is 0 Å². The lowest BCUT2D eigenvalue weighted by atomic mass is 10.1. The van der Waals surface area contributed by atoms with E-state index in [1.54, 1.807) is 11.8 Å². The van der Waals surface area contributed by atoms with Gasteiger partial charge in [-0.05, 0) is 28.9 Å². The minimum absolute atomic E-state index is 0.0772. The average molecular weight is 374 g/mol. The van der Waals surface area contributed by atoms with Gasteiger partial charge in [-0.3, -0.25) is 0 Å². The molecule has 2 heterocycles. The van der Waals surface area contributed by atoms with Gasteiger partial charge in [0.05, 0.1) is 30.2 Å². The number of nitrogens with zero attached hydrogens (tertiary/aromatic N) is 2. The summed E-state index contributed by atoms with van der Waals surface area (Å²) in [5, 5.41) is 0. The Morgan fingerprint density at radius 2 is 2.25 bits per heavy atom. The standard InChI is InChI=1S/C12H13BrClF3N2O/c1-7-6-20-9(3-14)5-19(7)11-10(12(15,16)17)2-8(13)4-18-11/h2,4,7,9H,3,5-6H2,1H3. The summed E-state index contributed by atoms with van der Waals surface area (Å²) in [6.07, 6.45) is -3.39. The number of pyridine rings is 1. The topological polar surface area (TPSA) is 25.4 Å². The van der Waals surface area contributed by atoms with Crippen LogP contribution in [0.1, 0.15) is 12.5 Å². The summed E-state index contributed by atoms with van der Waals surface area (Å²) in [4.78, 5) is 5.55. The van der Waals surface area contributed by atoms with Crippen LogP contribution in [0, 0.1) is 0 Å². The van der Waals surface area contributed by atoms with Crippen LogP contribution in [0.4, 0.5) is 19.0 Å². The van der Waals surface area contributed by atoms with Gasteiger partial charge in [0, 0.05) is 17.2 Å². The molecular weight excluding hydrogens is 360 g/mol. The summed E-state index contributed by atoms with van der Waals surface area (Å²) in [5.74, 6) is 0.160. The third-order valence-corrected chi connectivity index (χ3v) is 3.87. The molecule has 0 aliphatic carbocycles. The van der Waals surface area contributed by atoms with Gasteiger partial charge in [0.25, 0.3) is 0 Å². The summed E-state index contributed by atoms with van der Waals surface area (Å²) in [6.45, 7) is 2.42. The van der Waals surface area contributed by atoms with Gasteiger partial charge >= 0.3 is 6.18 Å². The zero-order valence-corrected chi connectivity index (χ0v) is 13.0. The normalized spacial score (nSPS) is 24.0. The van der Waals surface area contributed by atoms with Crippen LogP contribution in [0.3, 0.4) is 0 Å². The van der Waals surface area contributed by atoms with Crippen molar-refractivity contribution in [2.45, 2.75) is 25.2 Å². The Balaban J connectivity index is 2.40. The van der Waals surface area contributed by atoms with Crippen LogP contribution in [-0.2, 0) is 10.9 Å². The molecule has 0 amide bonds. The lowest BCUT2D eigenvalue weighted by molar-refractivity contribution is -0.137. The second kappa shape index (κ2) is 6.07. The SMILES string of the molecule is CC1COC(CCl)CN1c1ncc(Br)cc1C(F)(F)F. The van der Waals surface area contributed by atoms with Crippen molar-refractivity contribution < 1.29 is 17.9 Å². The second-order valence-electron chi connectivity index (χ2n) is 4.63. The molecule has 8 heteroatoms. The fourth-order valence-corrected chi connectivity index (χ4v) is 2.59. The number of morpholine rings is 1. The maximum atomic E-state index is 13.1. The van der Waals surface area contributed by atoms with Crippen LogP contribution in [0.5, 0.6) is 0 Å². The van der Waals surface area contributed by atoms with Crippen LogP contribution in [-0.4, -0.2) is 36.2 Å². The molecule has 2 atom stereocenters. The van der Waals surface area contributed by atoms with Crippen molar-refractivity contribution in [2.75, 3.05) is 23.9 Å². The maximum absolute atomic E-state index is 13.1. The van der Waals surface area contributed by atoms with E-state index >= 15 is 0 Å². The molecule has 0 spiro atoms. The first-order chi connectivity index (χ1) is 9.32. The van der Waals surface area contributed by atoms with Crippen LogP contribution >= 0.6 is 27.5 Å². The molecule has 1 fully saturated rings. The third-order valence-electron chi connectivity index (χ3n) is 3.09. The Hall–Kier alpha value is -0.530. The highest BCUT2D eigenvalue weighted by Crippen LogP contribution is 2.38. The molecule has 2 rings (SSSR count). The van der Waals surface area contributed by atoms with Gasteiger partial charge in [-0.25, -0.2) is 4.98 Å². The lowest BCUT2D eigenvalue weighted by Gasteiger charge is -2.39. The molecular formula is C12H13BrClF3N2O. The van der Waals surface area contributed by atoms with Crippen molar-refractivity contribution in [1.82, 2.24) is 4.98 Å². The molecule has 0 radical (unpaired) electrons. The maximum Gasteiger partial charge on any atom is 0.419 e. The van der Waals surface area contributed by atoms with Crippen molar-refractivity contribution in [3.8, 4) is 0 Å². The van der Waals surface area contributed by atoms with Gasteiger partial charge in [0.15, 0.2) is 0 Å². The monoisotopic (exact) mass is 372 g/mol. The molecule has 0 N–H and O–H groups in total. The molecule has 1 aromatic rings. The van der Waals surface area contributed by atoms with Gasteiger partial charge in [0.2, 0.25) is 0 Å². The summed E-state index contributed by atoms with van der Waals surface area (Å²) in [6, 6.07) is 0.851. The van der Waals surface area contributed by atoms with Gasteiger partial charge < -0.3 is 9.64 Å². The highest BCUT2D eigenvalue weighted by Gasteiger charge is 2.38. The average Bonchev–Trinajstić information content (AvgIpc) is 2.38. The van der Waals surface area contributed by atoms with Crippen LogP contribution in [0.2, 0.25) is 0 Å². The molecule has 0 saturated carbocycles. The minimum Gasteiger partial charge on any atom is -0.373 e. The minimum atomic E-state index is -4.46. The fraction of sp³-hybridized carbons (Fsp3) is 0.583. The number of hydrogen-bond donors (Lipinski definition) is 0. The van der Waals surface area contributed by atoms with Gasteiger partial charge in [-0.15, -0.1) is 11.6 Å². The van der Waals surface area contributed by atoms with Crippen molar-refractivity contribution in [3.05, 3.63) is 22.3 Å². The fourth-order valence-electron chi connectivity index (χ4n) is 2.08. The number of aromatic nitrogens is 1. The summed E-state index contributed by atoms with van der Waals surface area (Å²) in [5.41, 5.74) is -0.756. The predicted molar refractivity (Wildman–Crippen MR) is 74.2 cm³/mol. The third kappa shape index (κ3) is 3.38. The summed E-state index contributed by atoms with van der Waals surface area (Å²) >= 11 is 8.76. The molecule has 20 heavy (non-hydrogen) atoms. The van der Waals surface area contributed by atoms with E-state index in [4.69, 9.17) is 16.3 Å². The number of rotatable bonds is 2. The van der Waals surface area contributed by atoms with E-state index in [1.807, 2.05) is 0 Å². The van der Waals surface area contributed by atoms with E-state index in [1.165, 1.54) is 6.20 Å². The van der Waals surface area contributed by atoms with E-state index in [0.29, 0.717) is 17.6 Å². The van der Waals surface area contributed by atoms with Crippen LogP contribution < -0.4 is 4.90 Å². The molecule has 3 nitrogen and oxygen atoms in total. The van der Waals surface area contributed by atoms with E-state index in [-0.39, 0.29) is 23.8 Å². The highest BCUT2D eigenvalue weighted by molar-refractivity contribution is 9.10. The smallest absolute Gasteiger partial charge is 0.373 e. The zero-order valence-electron chi connectivity index (χ0n) is 10.6. The molecule has 1 aliphatic heterocycles. The second-order valence-corrected chi connectivity index (χ2v) is 5.86. The number of hydrogen-bond acceptors (Lipinski definition) is 3. The predicted octanol–water partition coefficient (Wildman–Crippen LogP) is 3.70. The molecule has 0 aromatic carbocycles. The molecule has 2 unspecified atom stereocenters. The Labute approximate surface area is 128 Å². The lowest BCUT2D eigenvalue weighted by Crippen LogP contribution is -2.50. The van der Waals surface area contributed by atoms with Gasteiger partial charge in [-0.2, -0.15) is 13.2 Å². The van der Waals surface area contributed by atoms with Crippen LogP contribution in [0.25, 0.3) is 0 Å². The van der Waals surface area contributed by atoms with E-state index in [0.717, 1.165) is 6.07 Å². The van der Waals surface area contributed by atoms with Gasteiger partial charge in [-0.1, -0.05) is 0 Å². The van der Waals surface area contributed by atoms with Crippen LogP contribution in [0.15, 0.2) is 16.7 Å². The number of anilines is 1. The zero-order chi connectivity index (χ0) is 14.9. The van der Waals surface area contributed by atoms with E-state index < -0.39 is 11.7 Å². The molecule has 1 aliphatic rings. The quantitative estimate of drug-likeness (QED) is 0.739. The van der Waals surface area contributed by atoms with Crippen molar-refractivity contribution in [2.24, 2.45) is 0 Å². The first kappa shape index (κ1) is 15.9. The molecule has 0 bridgehead atoms. The Bertz CT molecular complexity index is 486.